The van der Waals surface area contributed by atoms with Crippen molar-refractivity contribution in [3.8, 4) is 0 Å². The molecule has 0 radical (unpaired) electrons. The molecule has 0 aliphatic heterocycles. The summed E-state index contributed by atoms with van der Waals surface area (Å²) in [6.45, 7) is 2.21. The summed E-state index contributed by atoms with van der Waals surface area (Å²) in [5.41, 5.74) is 8.45. The van der Waals surface area contributed by atoms with Crippen molar-refractivity contribution in [1.29, 1.82) is 0 Å². The molecule has 0 fully saturated rings. The molecule has 0 amide bonds. The van der Waals surface area contributed by atoms with Gasteiger partial charge in [0.15, 0.2) is 0 Å². The number of allylic oxidation sites excluding steroid dienone is 2. The van der Waals surface area contributed by atoms with E-state index in [0.717, 1.165) is 6.42 Å². The van der Waals surface area contributed by atoms with E-state index in [2.05, 4.69) is 6.92 Å². The Morgan fingerprint density at radius 3 is 2.67 bits per heavy atom. The fourth-order valence-electron chi connectivity index (χ4n) is 1.42. The van der Waals surface area contributed by atoms with Gasteiger partial charge in [-0.1, -0.05) is 18.9 Å². The van der Waals surface area contributed by atoms with E-state index in [4.69, 9.17) is 5.73 Å². The van der Waals surface area contributed by atoms with Crippen LogP contribution < -0.4 is 5.73 Å². The molecule has 0 aromatic rings. The van der Waals surface area contributed by atoms with Crippen LogP contribution in [0, 0.1) is 0 Å². The predicted octanol–water partition coefficient (Wildman–Crippen LogP) is 2.18. The minimum Gasteiger partial charge on any atom is -0.402 e. The zero-order chi connectivity index (χ0) is 6.69. The van der Waals surface area contributed by atoms with Crippen LogP contribution >= 0.6 is 0 Å². The molecule has 0 bridgehead atoms. The smallest absolute Gasteiger partial charge is 0.00724 e. The Morgan fingerprint density at radius 1 is 1.44 bits per heavy atom. The zero-order valence-corrected chi connectivity index (χ0v) is 6.11. The molecule has 1 rings (SSSR count). The van der Waals surface area contributed by atoms with E-state index in [9.17, 15) is 0 Å². The molecule has 1 aliphatic rings. The summed E-state index contributed by atoms with van der Waals surface area (Å²) in [5, 5.41) is 0. The van der Waals surface area contributed by atoms with Gasteiger partial charge in [0.05, 0.1) is 0 Å². The van der Waals surface area contributed by atoms with Crippen molar-refractivity contribution in [2.24, 2.45) is 5.73 Å². The van der Waals surface area contributed by atoms with E-state index >= 15 is 0 Å². The molecule has 1 nitrogen and oxygen atoms in total. The van der Waals surface area contributed by atoms with E-state index in [0.29, 0.717) is 0 Å². The lowest BCUT2D eigenvalue weighted by Crippen LogP contribution is -1.95. The van der Waals surface area contributed by atoms with Crippen LogP contribution in [0.1, 0.15) is 39.0 Å². The molecule has 0 saturated heterocycles. The number of hydrogen-bond donors (Lipinski definition) is 1. The summed E-state index contributed by atoms with van der Waals surface area (Å²) in [6.07, 6.45) is 6.18. The lowest BCUT2D eigenvalue weighted by molar-refractivity contribution is 0.830. The SMILES string of the molecule is CCCC1=C(N)CCC1. The van der Waals surface area contributed by atoms with Gasteiger partial charge in [-0.05, 0) is 25.7 Å². The Kier molecular flexibility index (Phi) is 2.15. The first-order chi connectivity index (χ1) is 4.34. The Labute approximate surface area is 56.9 Å². The van der Waals surface area contributed by atoms with Crippen molar-refractivity contribution in [3.63, 3.8) is 0 Å². The first-order valence-corrected chi connectivity index (χ1v) is 3.81. The van der Waals surface area contributed by atoms with Crippen LogP contribution in [-0.2, 0) is 0 Å². The molecule has 2 N–H and O–H groups in total. The third-order valence-corrected chi connectivity index (χ3v) is 1.93. The van der Waals surface area contributed by atoms with Gasteiger partial charge in [-0.15, -0.1) is 0 Å². The van der Waals surface area contributed by atoms with Gasteiger partial charge in [0.2, 0.25) is 0 Å². The van der Waals surface area contributed by atoms with E-state index in [-0.39, 0.29) is 0 Å². The summed E-state index contributed by atoms with van der Waals surface area (Å²) < 4.78 is 0. The molecule has 0 unspecified atom stereocenters. The molecule has 0 aromatic heterocycles. The van der Waals surface area contributed by atoms with Gasteiger partial charge in [0.25, 0.3) is 0 Å². The maximum atomic E-state index is 5.74. The van der Waals surface area contributed by atoms with Gasteiger partial charge in [-0.2, -0.15) is 0 Å². The van der Waals surface area contributed by atoms with E-state index in [1.165, 1.54) is 37.0 Å². The van der Waals surface area contributed by atoms with Gasteiger partial charge >= 0.3 is 0 Å². The van der Waals surface area contributed by atoms with Gasteiger partial charge in [0.1, 0.15) is 0 Å². The second-order valence-electron chi connectivity index (χ2n) is 2.73. The summed E-state index contributed by atoms with van der Waals surface area (Å²) in [5.74, 6) is 0. The summed E-state index contributed by atoms with van der Waals surface area (Å²) in [7, 11) is 0. The second kappa shape index (κ2) is 2.90. The quantitative estimate of drug-likeness (QED) is 0.601. The fraction of sp³-hybridized carbons (Fsp3) is 0.750. The maximum Gasteiger partial charge on any atom is 0.00724 e. The molecule has 52 valence electrons. The molecule has 0 spiro atoms. The fourth-order valence-corrected chi connectivity index (χ4v) is 1.42. The molecule has 1 heteroatoms. The monoisotopic (exact) mass is 125 g/mol. The highest BCUT2D eigenvalue weighted by molar-refractivity contribution is 5.15. The highest BCUT2D eigenvalue weighted by atomic mass is 14.6. The van der Waals surface area contributed by atoms with Crippen LogP contribution in [0.3, 0.4) is 0 Å². The molecule has 0 saturated carbocycles. The third kappa shape index (κ3) is 1.47. The van der Waals surface area contributed by atoms with Crippen LogP contribution in [0.4, 0.5) is 0 Å². The van der Waals surface area contributed by atoms with E-state index in [1.54, 1.807) is 0 Å². The minimum absolute atomic E-state index is 1.15. The predicted molar refractivity (Wildman–Crippen MR) is 40.0 cm³/mol. The third-order valence-electron chi connectivity index (χ3n) is 1.93. The minimum atomic E-state index is 1.15. The lowest BCUT2D eigenvalue weighted by Gasteiger charge is -1.98. The molecular weight excluding hydrogens is 110 g/mol. The number of rotatable bonds is 2. The second-order valence-corrected chi connectivity index (χ2v) is 2.73. The molecular formula is C8H15N. The molecule has 0 heterocycles. The Balaban J connectivity index is 2.45. The topological polar surface area (TPSA) is 26.0 Å². The van der Waals surface area contributed by atoms with Gasteiger partial charge in [-0.25, -0.2) is 0 Å². The average Bonchev–Trinajstić information content (AvgIpc) is 2.18. The van der Waals surface area contributed by atoms with Crippen LogP contribution in [0.2, 0.25) is 0 Å². The van der Waals surface area contributed by atoms with Crippen LogP contribution in [0.25, 0.3) is 0 Å². The summed E-state index contributed by atoms with van der Waals surface area (Å²) in [6, 6.07) is 0. The first-order valence-electron chi connectivity index (χ1n) is 3.81. The van der Waals surface area contributed by atoms with Crippen LogP contribution in [0.5, 0.6) is 0 Å². The molecule has 1 aliphatic carbocycles. The van der Waals surface area contributed by atoms with Crippen LogP contribution in [-0.4, -0.2) is 0 Å². The zero-order valence-electron chi connectivity index (χ0n) is 6.11. The van der Waals surface area contributed by atoms with Crippen LogP contribution in [0.15, 0.2) is 11.3 Å². The number of nitrogens with two attached hydrogens (primary N) is 1. The van der Waals surface area contributed by atoms with Gasteiger partial charge in [-0.3, -0.25) is 0 Å². The Hall–Kier alpha value is -0.460. The molecule has 0 atom stereocenters. The molecule has 0 aromatic carbocycles. The number of hydrogen-bond acceptors (Lipinski definition) is 1. The maximum absolute atomic E-state index is 5.74. The van der Waals surface area contributed by atoms with Crippen molar-refractivity contribution in [3.05, 3.63) is 11.3 Å². The van der Waals surface area contributed by atoms with Crippen molar-refractivity contribution >= 4 is 0 Å². The van der Waals surface area contributed by atoms with Crippen molar-refractivity contribution in [1.82, 2.24) is 0 Å². The first kappa shape index (κ1) is 6.66. The van der Waals surface area contributed by atoms with E-state index in [1.807, 2.05) is 0 Å². The van der Waals surface area contributed by atoms with Gasteiger partial charge in [0, 0.05) is 5.70 Å². The lowest BCUT2D eigenvalue weighted by atomic mass is 10.1. The molecule has 9 heavy (non-hydrogen) atoms. The summed E-state index contributed by atoms with van der Waals surface area (Å²) >= 11 is 0. The van der Waals surface area contributed by atoms with E-state index < -0.39 is 0 Å². The summed E-state index contributed by atoms with van der Waals surface area (Å²) in [4.78, 5) is 0. The average molecular weight is 125 g/mol. The normalized spacial score (nSPS) is 19.2. The van der Waals surface area contributed by atoms with Gasteiger partial charge < -0.3 is 5.73 Å². The van der Waals surface area contributed by atoms with Crippen molar-refractivity contribution in [2.75, 3.05) is 0 Å². The Bertz CT molecular complexity index is 125. The Morgan fingerprint density at radius 2 is 2.22 bits per heavy atom. The largest absolute Gasteiger partial charge is 0.402 e. The van der Waals surface area contributed by atoms with Crippen molar-refractivity contribution in [2.45, 2.75) is 39.0 Å². The highest BCUT2D eigenvalue weighted by Crippen LogP contribution is 2.25. The van der Waals surface area contributed by atoms with Crippen molar-refractivity contribution < 1.29 is 0 Å². The standard InChI is InChI=1S/C8H15N/c1-2-4-7-5-3-6-8(7)9/h2-6,9H2,1H3. The highest BCUT2D eigenvalue weighted by Gasteiger charge is 2.09.